The van der Waals surface area contributed by atoms with Crippen molar-refractivity contribution in [3.8, 4) is 0 Å². The average molecular weight is 324 g/mol. The van der Waals surface area contributed by atoms with E-state index in [0.29, 0.717) is 5.56 Å². The van der Waals surface area contributed by atoms with Crippen molar-refractivity contribution in [1.29, 1.82) is 0 Å². The molecule has 126 valence electrons. The van der Waals surface area contributed by atoms with Crippen LogP contribution >= 0.6 is 0 Å². The highest BCUT2D eigenvalue weighted by Gasteiger charge is 2.16. The van der Waals surface area contributed by atoms with Gasteiger partial charge in [-0.1, -0.05) is 19.1 Å². The molecule has 1 aliphatic rings. The lowest BCUT2D eigenvalue weighted by molar-refractivity contribution is 0.0696. The summed E-state index contributed by atoms with van der Waals surface area (Å²) < 4.78 is 0. The summed E-state index contributed by atoms with van der Waals surface area (Å²) in [6.45, 7) is 7.42. The Morgan fingerprint density at radius 3 is 2.71 bits per heavy atom. The summed E-state index contributed by atoms with van der Waals surface area (Å²) in [5, 5.41) is 9.24. The number of aryl methyl sites for hydroxylation is 1. The highest BCUT2D eigenvalue weighted by Crippen LogP contribution is 2.28. The second kappa shape index (κ2) is 7.14. The Labute approximate surface area is 143 Å². The first-order valence-electron chi connectivity index (χ1n) is 8.54. The molecule has 3 rings (SSSR count). The number of aromatic nitrogens is 1. The normalized spacial score (nSPS) is 16.2. The van der Waals surface area contributed by atoms with Gasteiger partial charge in [0.25, 0.3) is 0 Å². The maximum absolute atomic E-state index is 11.3. The molecule has 1 saturated heterocycles. The molecule has 4 nitrogen and oxygen atoms in total. The van der Waals surface area contributed by atoms with E-state index in [-0.39, 0.29) is 5.92 Å². The summed E-state index contributed by atoms with van der Waals surface area (Å²) in [7, 11) is 0. The molecule has 1 aliphatic heterocycles. The smallest absolute Gasteiger partial charge is 0.335 e. The molecule has 1 unspecified atom stereocenters. The van der Waals surface area contributed by atoms with Gasteiger partial charge < -0.3 is 5.11 Å². The third kappa shape index (κ3) is 3.65. The summed E-state index contributed by atoms with van der Waals surface area (Å²) in [5.41, 5.74) is 4.86. The number of rotatable bonds is 5. The van der Waals surface area contributed by atoms with Crippen molar-refractivity contribution in [2.24, 2.45) is 0 Å². The number of hydrogen-bond acceptors (Lipinski definition) is 3. The number of carboxylic acid groups (broad SMARTS) is 1. The van der Waals surface area contributed by atoms with Crippen LogP contribution in [0.4, 0.5) is 0 Å². The third-order valence-electron chi connectivity index (χ3n) is 4.91. The lowest BCUT2D eigenvalue weighted by atomic mass is 9.89. The van der Waals surface area contributed by atoms with Gasteiger partial charge in [-0.2, -0.15) is 0 Å². The maximum Gasteiger partial charge on any atom is 0.335 e. The predicted octanol–water partition coefficient (Wildman–Crippen LogP) is 3.84. The van der Waals surface area contributed by atoms with Gasteiger partial charge in [-0.3, -0.25) is 9.88 Å². The van der Waals surface area contributed by atoms with E-state index in [0.717, 1.165) is 23.2 Å². The van der Waals surface area contributed by atoms with Crippen LogP contribution in [-0.4, -0.2) is 34.0 Å². The fourth-order valence-electron chi connectivity index (χ4n) is 3.45. The lowest BCUT2D eigenvalue weighted by Crippen LogP contribution is -2.18. The number of carboxylic acids is 1. The van der Waals surface area contributed by atoms with Crippen LogP contribution in [0.25, 0.3) is 0 Å². The van der Waals surface area contributed by atoms with Crippen LogP contribution in [0.5, 0.6) is 0 Å². The Kier molecular flexibility index (Phi) is 4.95. The van der Waals surface area contributed by atoms with E-state index in [1.54, 1.807) is 12.1 Å². The van der Waals surface area contributed by atoms with Crippen LogP contribution in [0.3, 0.4) is 0 Å². The number of aromatic carboxylic acids is 1. The minimum Gasteiger partial charge on any atom is -0.478 e. The van der Waals surface area contributed by atoms with Gasteiger partial charge in [0.1, 0.15) is 0 Å². The zero-order valence-electron chi connectivity index (χ0n) is 14.3. The van der Waals surface area contributed by atoms with Crippen molar-refractivity contribution < 1.29 is 9.90 Å². The van der Waals surface area contributed by atoms with Crippen molar-refractivity contribution in [3.63, 3.8) is 0 Å². The molecule has 1 atom stereocenters. The largest absolute Gasteiger partial charge is 0.478 e. The van der Waals surface area contributed by atoms with E-state index in [1.807, 2.05) is 25.4 Å². The summed E-state index contributed by atoms with van der Waals surface area (Å²) in [5.74, 6) is -0.764. The summed E-state index contributed by atoms with van der Waals surface area (Å²) in [6.07, 6.45) is 6.40. The van der Waals surface area contributed by atoms with Crippen molar-refractivity contribution >= 4 is 5.97 Å². The second-order valence-corrected chi connectivity index (χ2v) is 6.71. The molecule has 0 bridgehead atoms. The summed E-state index contributed by atoms with van der Waals surface area (Å²) in [6, 6.07) is 7.55. The number of benzene rings is 1. The summed E-state index contributed by atoms with van der Waals surface area (Å²) >= 11 is 0. The third-order valence-corrected chi connectivity index (χ3v) is 4.91. The van der Waals surface area contributed by atoms with Crippen molar-refractivity contribution in [2.75, 3.05) is 13.1 Å². The molecule has 1 aromatic heterocycles. The molecule has 1 N–H and O–H groups in total. The number of carbonyl (C=O) groups is 1. The van der Waals surface area contributed by atoms with Crippen LogP contribution in [0.15, 0.2) is 36.7 Å². The van der Waals surface area contributed by atoms with E-state index in [9.17, 15) is 9.90 Å². The Hall–Kier alpha value is -2.20. The van der Waals surface area contributed by atoms with E-state index in [1.165, 1.54) is 31.5 Å². The van der Waals surface area contributed by atoms with Gasteiger partial charge in [-0.15, -0.1) is 0 Å². The Morgan fingerprint density at radius 1 is 1.25 bits per heavy atom. The summed E-state index contributed by atoms with van der Waals surface area (Å²) in [4.78, 5) is 18.1. The standard InChI is InChI=1S/C20H24N2O2/c1-14-5-6-17(20(23)24)10-19(14)15(2)18-9-16(11-21-12-18)13-22-7-3-4-8-22/h5-6,9-12,15H,3-4,7-8,13H2,1-2H3,(H,23,24). The van der Waals surface area contributed by atoms with E-state index < -0.39 is 5.97 Å². The van der Waals surface area contributed by atoms with Crippen molar-refractivity contribution in [1.82, 2.24) is 9.88 Å². The van der Waals surface area contributed by atoms with E-state index in [2.05, 4.69) is 22.9 Å². The average Bonchev–Trinajstić information content (AvgIpc) is 3.07. The minimum absolute atomic E-state index is 0.121. The molecule has 1 fully saturated rings. The highest BCUT2D eigenvalue weighted by molar-refractivity contribution is 5.88. The minimum atomic E-state index is -0.885. The predicted molar refractivity (Wildman–Crippen MR) is 94.4 cm³/mol. The number of nitrogens with zero attached hydrogens (tertiary/aromatic N) is 2. The van der Waals surface area contributed by atoms with Gasteiger partial charge >= 0.3 is 5.97 Å². The van der Waals surface area contributed by atoms with Crippen LogP contribution in [0.1, 0.15) is 58.3 Å². The highest BCUT2D eigenvalue weighted by atomic mass is 16.4. The molecular formula is C20H24N2O2. The lowest BCUT2D eigenvalue weighted by Gasteiger charge is -2.18. The molecular weight excluding hydrogens is 300 g/mol. The Bertz CT molecular complexity index is 736. The molecule has 0 aliphatic carbocycles. The first-order chi connectivity index (χ1) is 11.5. The molecule has 0 spiro atoms. The van der Waals surface area contributed by atoms with Crippen LogP contribution in [0.2, 0.25) is 0 Å². The monoisotopic (exact) mass is 324 g/mol. The zero-order valence-corrected chi connectivity index (χ0v) is 14.3. The van der Waals surface area contributed by atoms with Gasteiger partial charge in [-0.05, 0) is 67.2 Å². The molecule has 2 heterocycles. The van der Waals surface area contributed by atoms with Gasteiger partial charge in [0.05, 0.1) is 5.56 Å². The number of pyridine rings is 1. The first kappa shape index (κ1) is 16.7. The van der Waals surface area contributed by atoms with Crippen LogP contribution in [0, 0.1) is 6.92 Å². The van der Waals surface area contributed by atoms with Crippen molar-refractivity contribution in [3.05, 3.63) is 64.5 Å². The molecule has 1 aromatic carbocycles. The molecule has 2 aromatic rings. The van der Waals surface area contributed by atoms with Crippen molar-refractivity contribution in [2.45, 2.75) is 39.2 Å². The van der Waals surface area contributed by atoms with Crippen LogP contribution < -0.4 is 0 Å². The van der Waals surface area contributed by atoms with Gasteiger partial charge in [0.15, 0.2) is 0 Å². The fraction of sp³-hybridized carbons (Fsp3) is 0.400. The Morgan fingerprint density at radius 2 is 2.00 bits per heavy atom. The molecule has 0 amide bonds. The molecule has 0 saturated carbocycles. The quantitative estimate of drug-likeness (QED) is 0.908. The fourth-order valence-corrected chi connectivity index (χ4v) is 3.45. The number of likely N-dealkylation sites (tertiary alicyclic amines) is 1. The molecule has 24 heavy (non-hydrogen) atoms. The second-order valence-electron chi connectivity index (χ2n) is 6.71. The topological polar surface area (TPSA) is 53.4 Å². The maximum atomic E-state index is 11.3. The van der Waals surface area contributed by atoms with E-state index >= 15 is 0 Å². The SMILES string of the molecule is Cc1ccc(C(=O)O)cc1C(C)c1cncc(CN2CCCC2)c1. The molecule has 0 radical (unpaired) electrons. The van der Waals surface area contributed by atoms with Gasteiger partial charge in [0, 0.05) is 24.9 Å². The Balaban J connectivity index is 1.85. The van der Waals surface area contributed by atoms with Gasteiger partial charge in [-0.25, -0.2) is 4.79 Å². The molecule has 4 heteroatoms. The van der Waals surface area contributed by atoms with E-state index in [4.69, 9.17) is 0 Å². The van der Waals surface area contributed by atoms with Crippen LogP contribution in [-0.2, 0) is 6.54 Å². The first-order valence-corrected chi connectivity index (χ1v) is 8.54. The van der Waals surface area contributed by atoms with Gasteiger partial charge in [0.2, 0.25) is 0 Å². The zero-order chi connectivity index (χ0) is 17.1. The number of hydrogen-bond donors (Lipinski definition) is 1.